The highest BCUT2D eigenvalue weighted by Gasteiger charge is 2.21. The lowest BCUT2D eigenvalue weighted by molar-refractivity contribution is 0.734. The standard InChI is InChI=1S/C42H30N2S2/c1-3-37(35-18-11-21-40-41(35)46-39-20-9-8-19-38(39)45-40)44-42(43-26-28-13-10-12-27(2)24-28)29-22-23-34-32-16-5-4-14-30(32)31-15-6-7-17-33(31)36(34)25-29/h4-11,13-27H,1,12H2,2H3/b43-26+,44-42-. The predicted molar refractivity (Wildman–Crippen MR) is 199 cm³/mol. The molecule has 46 heavy (non-hydrogen) atoms. The molecule has 4 heteroatoms. The summed E-state index contributed by atoms with van der Waals surface area (Å²) >= 11 is 3.58. The van der Waals surface area contributed by atoms with E-state index < -0.39 is 0 Å². The van der Waals surface area contributed by atoms with Gasteiger partial charge >= 0.3 is 0 Å². The normalized spacial score (nSPS) is 16.0. The van der Waals surface area contributed by atoms with Gasteiger partial charge in [0.2, 0.25) is 0 Å². The zero-order valence-corrected chi connectivity index (χ0v) is 27.0. The minimum absolute atomic E-state index is 0.476. The molecule has 0 fully saturated rings. The number of benzene rings is 6. The van der Waals surface area contributed by atoms with Gasteiger partial charge in [-0.05, 0) is 74.5 Å². The Labute approximate surface area is 277 Å². The van der Waals surface area contributed by atoms with Crippen LogP contribution in [0.1, 0.15) is 24.5 Å². The molecule has 0 radical (unpaired) electrons. The third-order valence-corrected chi connectivity index (χ3v) is 11.1. The molecule has 1 heterocycles. The maximum Gasteiger partial charge on any atom is 0.160 e. The molecule has 0 bridgehead atoms. The van der Waals surface area contributed by atoms with Crippen molar-refractivity contribution in [1.82, 2.24) is 0 Å². The molecular formula is C42H30N2S2. The molecule has 1 aliphatic carbocycles. The van der Waals surface area contributed by atoms with Crippen LogP contribution in [0.2, 0.25) is 0 Å². The van der Waals surface area contributed by atoms with Crippen molar-refractivity contribution >= 4 is 73.6 Å². The topological polar surface area (TPSA) is 24.7 Å². The molecule has 0 aromatic heterocycles. The summed E-state index contributed by atoms with van der Waals surface area (Å²) in [5, 5.41) is 7.37. The molecule has 2 aliphatic rings. The first kappa shape index (κ1) is 28.6. The second-order valence-electron chi connectivity index (χ2n) is 11.6. The average Bonchev–Trinajstić information content (AvgIpc) is 3.11. The smallest absolute Gasteiger partial charge is 0.160 e. The van der Waals surface area contributed by atoms with Gasteiger partial charge in [-0.15, -0.1) is 5.73 Å². The Bertz CT molecular complexity index is 2330. The van der Waals surface area contributed by atoms with Crippen LogP contribution in [0.3, 0.4) is 0 Å². The Kier molecular flexibility index (Phi) is 7.56. The highest BCUT2D eigenvalue weighted by molar-refractivity contribution is 8.05. The van der Waals surface area contributed by atoms with Gasteiger partial charge in [-0.25, -0.2) is 9.98 Å². The van der Waals surface area contributed by atoms with Crippen LogP contribution in [-0.4, -0.2) is 12.1 Å². The number of nitrogens with zero attached hydrogens (tertiary/aromatic N) is 2. The monoisotopic (exact) mass is 626 g/mol. The van der Waals surface area contributed by atoms with E-state index in [1.54, 1.807) is 23.5 Å². The predicted octanol–water partition coefficient (Wildman–Crippen LogP) is 11.9. The van der Waals surface area contributed by atoms with Gasteiger partial charge in [-0.1, -0.05) is 140 Å². The lowest BCUT2D eigenvalue weighted by atomic mass is 9.93. The van der Waals surface area contributed by atoms with Gasteiger partial charge in [0, 0.05) is 36.9 Å². The minimum Gasteiger partial charge on any atom is -0.236 e. The van der Waals surface area contributed by atoms with E-state index in [4.69, 9.17) is 9.98 Å². The molecular weight excluding hydrogens is 597 g/mol. The number of fused-ring (bicyclic) bond motifs is 8. The molecule has 6 aromatic carbocycles. The molecule has 8 rings (SSSR count). The van der Waals surface area contributed by atoms with E-state index in [-0.39, 0.29) is 0 Å². The van der Waals surface area contributed by atoms with Crippen molar-refractivity contribution in [2.75, 3.05) is 0 Å². The molecule has 0 saturated carbocycles. The van der Waals surface area contributed by atoms with Crippen LogP contribution in [0.5, 0.6) is 0 Å². The van der Waals surface area contributed by atoms with E-state index in [1.807, 2.05) is 6.21 Å². The average molecular weight is 627 g/mol. The van der Waals surface area contributed by atoms with Gasteiger partial charge in [0.15, 0.2) is 5.84 Å². The van der Waals surface area contributed by atoms with Gasteiger partial charge in [0.05, 0.1) is 0 Å². The summed E-state index contributed by atoms with van der Waals surface area (Å²) in [7, 11) is 0. The molecule has 1 aliphatic heterocycles. The van der Waals surface area contributed by atoms with Crippen LogP contribution in [0.25, 0.3) is 38.0 Å². The van der Waals surface area contributed by atoms with Crippen LogP contribution in [-0.2, 0) is 0 Å². The van der Waals surface area contributed by atoms with Crippen molar-refractivity contribution in [2.45, 2.75) is 32.9 Å². The third-order valence-electron chi connectivity index (χ3n) is 8.53. The van der Waals surface area contributed by atoms with Gasteiger partial charge in [0.1, 0.15) is 5.70 Å². The summed E-state index contributed by atoms with van der Waals surface area (Å²) in [6, 6.07) is 38.9. The fourth-order valence-corrected chi connectivity index (χ4v) is 8.72. The van der Waals surface area contributed by atoms with Gasteiger partial charge in [-0.2, -0.15) is 0 Å². The van der Waals surface area contributed by atoms with E-state index >= 15 is 0 Å². The summed E-state index contributed by atoms with van der Waals surface area (Å²) in [6.07, 6.45) is 9.61. The van der Waals surface area contributed by atoms with Crippen molar-refractivity contribution in [3.8, 4) is 0 Å². The van der Waals surface area contributed by atoms with E-state index in [1.165, 1.54) is 51.9 Å². The van der Waals surface area contributed by atoms with E-state index in [9.17, 15) is 0 Å². The zero-order valence-electron chi connectivity index (χ0n) is 25.4. The molecule has 220 valence electrons. The quantitative estimate of drug-likeness (QED) is 0.0840. The number of rotatable bonds is 4. The van der Waals surface area contributed by atoms with Crippen molar-refractivity contribution in [1.29, 1.82) is 0 Å². The summed E-state index contributed by atoms with van der Waals surface area (Å²) < 4.78 is 0. The maximum atomic E-state index is 5.24. The molecule has 1 unspecified atom stereocenters. The fourth-order valence-electron chi connectivity index (χ4n) is 6.34. The van der Waals surface area contributed by atoms with E-state index in [2.05, 4.69) is 147 Å². The summed E-state index contributed by atoms with van der Waals surface area (Å²) in [5.41, 5.74) is 6.91. The van der Waals surface area contributed by atoms with Crippen LogP contribution in [0.15, 0.2) is 175 Å². The van der Waals surface area contributed by atoms with Crippen molar-refractivity contribution in [3.63, 3.8) is 0 Å². The Hall–Kier alpha value is -4.86. The number of allylic oxidation sites excluding steroid dienone is 4. The van der Waals surface area contributed by atoms with Crippen LogP contribution in [0, 0.1) is 5.92 Å². The highest BCUT2D eigenvalue weighted by atomic mass is 32.2. The molecule has 2 nitrogen and oxygen atoms in total. The zero-order chi connectivity index (χ0) is 31.0. The number of amidine groups is 1. The van der Waals surface area contributed by atoms with Crippen LogP contribution >= 0.6 is 23.5 Å². The second-order valence-corrected chi connectivity index (χ2v) is 13.8. The largest absolute Gasteiger partial charge is 0.236 e. The number of hydrogen-bond donors (Lipinski definition) is 0. The first-order valence-corrected chi connectivity index (χ1v) is 17.1. The van der Waals surface area contributed by atoms with E-state index in [0.29, 0.717) is 17.5 Å². The van der Waals surface area contributed by atoms with Crippen molar-refractivity contribution in [2.24, 2.45) is 15.9 Å². The lowest BCUT2D eigenvalue weighted by Gasteiger charge is -2.20. The molecule has 0 saturated heterocycles. The van der Waals surface area contributed by atoms with Crippen LogP contribution in [0.4, 0.5) is 0 Å². The molecule has 0 N–H and O–H groups in total. The Balaban J connectivity index is 1.30. The second kappa shape index (κ2) is 12.2. The Morgan fingerprint density at radius 2 is 1.37 bits per heavy atom. The van der Waals surface area contributed by atoms with Crippen molar-refractivity contribution < 1.29 is 0 Å². The summed E-state index contributed by atoms with van der Waals surface area (Å²) in [6.45, 7) is 6.33. The Morgan fingerprint density at radius 1 is 0.739 bits per heavy atom. The first-order chi connectivity index (χ1) is 22.7. The highest BCUT2D eigenvalue weighted by Crippen LogP contribution is 2.50. The number of hydrogen-bond acceptors (Lipinski definition) is 3. The van der Waals surface area contributed by atoms with E-state index in [0.717, 1.165) is 23.1 Å². The lowest BCUT2D eigenvalue weighted by Crippen LogP contribution is -2.02. The van der Waals surface area contributed by atoms with Crippen molar-refractivity contribution in [3.05, 3.63) is 156 Å². The molecule has 6 aromatic rings. The SMILES string of the molecule is C=C=C(/N=C(\N=C\C1=CC(C)CC=C1)c1ccc2c3ccccc3c3ccccc3c2c1)c1cccc2c1Sc1ccccc1S2. The molecule has 0 spiro atoms. The summed E-state index contributed by atoms with van der Waals surface area (Å²) in [5.74, 6) is 1.10. The van der Waals surface area contributed by atoms with Gasteiger partial charge < -0.3 is 0 Å². The first-order valence-electron chi connectivity index (χ1n) is 15.5. The maximum absolute atomic E-state index is 5.24. The fraction of sp³-hybridized carbons (Fsp3) is 0.0714. The summed E-state index contributed by atoms with van der Waals surface area (Å²) in [4.78, 5) is 15.2. The van der Waals surface area contributed by atoms with Gasteiger partial charge in [0.25, 0.3) is 0 Å². The minimum atomic E-state index is 0.476. The Morgan fingerprint density at radius 3 is 2.07 bits per heavy atom. The van der Waals surface area contributed by atoms with Gasteiger partial charge in [-0.3, -0.25) is 0 Å². The molecule has 1 atom stereocenters. The number of aliphatic imine (C=N–C) groups is 2. The molecule has 0 amide bonds. The third kappa shape index (κ3) is 5.25. The van der Waals surface area contributed by atoms with Crippen LogP contribution < -0.4 is 0 Å².